The number of hydrogen-bond donors (Lipinski definition) is 1. The Morgan fingerprint density at radius 1 is 0.387 bits per heavy atom. The number of fused-ring (bicyclic) bond motifs is 9. The summed E-state index contributed by atoms with van der Waals surface area (Å²) in [4.78, 5) is 3.63. The second-order valence-corrected chi connectivity index (χ2v) is 8.28. The van der Waals surface area contributed by atoms with Crippen molar-refractivity contribution in [3.05, 3.63) is 109 Å². The maximum Gasteiger partial charge on any atom is 0.0471 e. The molecule has 0 bridgehead atoms. The summed E-state index contributed by atoms with van der Waals surface area (Å²) >= 11 is 0. The topological polar surface area (TPSA) is 15.8 Å². The summed E-state index contributed by atoms with van der Waals surface area (Å²) in [6.07, 6.45) is 0. The maximum absolute atomic E-state index is 3.63. The molecule has 0 spiro atoms. The van der Waals surface area contributed by atoms with Gasteiger partial charge in [0.2, 0.25) is 0 Å². The van der Waals surface area contributed by atoms with Gasteiger partial charge in [-0.25, -0.2) is 0 Å². The van der Waals surface area contributed by atoms with Crippen LogP contribution in [-0.4, -0.2) is 4.98 Å². The van der Waals surface area contributed by atoms with Crippen molar-refractivity contribution in [1.82, 2.24) is 4.98 Å². The molecule has 31 heavy (non-hydrogen) atoms. The smallest absolute Gasteiger partial charge is 0.0471 e. The van der Waals surface area contributed by atoms with Crippen molar-refractivity contribution in [3.8, 4) is 11.1 Å². The minimum atomic E-state index is 1.18. The van der Waals surface area contributed by atoms with E-state index in [0.717, 1.165) is 0 Å². The molecule has 1 heteroatoms. The van der Waals surface area contributed by atoms with Crippen LogP contribution in [-0.2, 0) is 0 Å². The highest BCUT2D eigenvalue weighted by atomic mass is 14.7. The molecule has 144 valence electrons. The van der Waals surface area contributed by atoms with Crippen LogP contribution in [0.4, 0.5) is 0 Å². The second-order valence-electron chi connectivity index (χ2n) is 8.28. The van der Waals surface area contributed by atoms with E-state index in [4.69, 9.17) is 0 Å². The van der Waals surface area contributed by atoms with E-state index < -0.39 is 0 Å². The molecule has 0 atom stereocenters. The minimum Gasteiger partial charge on any atom is -0.354 e. The first-order valence-electron chi connectivity index (χ1n) is 10.7. The summed E-state index contributed by atoms with van der Waals surface area (Å²) < 4.78 is 0. The van der Waals surface area contributed by atoms with E-state index in [2.05, 4.69) is 114 Å². The number of H-pyrrole nitrogens is 1. The van der Waals surface area contributed by atoms with Gasteiger partial charge in [0.15, 0.2) is 0 Å². The van der Waals surface area contributed by atoms with Crippen LogP contribution in [0.5, 0.6) is 0 Å². The third-order valence-corrected chi connectivity index (χ3v) is 6.59. The van der Waals surface area contributed by atoms with Gasteiger partial charge < -0.3 is 4.98 Å². The monoisotopic (exact) mass is 393 g/mol. The van der Waals surface area contributed by atoms with E-state index in [1.54, 1.807) is 0 Å². The van der Waals surface area contributed by atoms with Gasteiger partial charge in [0.1, 0.15) is 0 Å². The molecule has 0 radical (unpaired) electrons. The highest BCUT2D eigenvalue weighted by molar-refractivity contribution is 6.27. The lowest BCUT2D eigenvalue weighted by molar-refractivity contribution is 1.55. The zero-order valence-corrected chi connectivity index (χ0v) is 16.9. The van der Waals surface area contributed by atoms with E-state index in [1.807, 2.05) is 0 Å². The first-order valence-corrected chi connectivity index (χ1v) is 10.7. The SMILES string of the molecule is c1ccc(-c2ccc3[nH]c4ccc5c6ccc7ccccc7c6ccc5c4c3c2)cc1. The van der Waals surface area contributed by atoms with E-state index in [0.29, 0.717) is 0 Å². The summed E-state index contributed by atoms with van der Waals surface area (Å²) in [6.45, 7) is 0. The second kappa shape index (κ2) is 6.20. The molecular weight excluding hydrogens is 374 g/mol. The molecule has 6 aromatic carbocycles. The molecule has 1 heterocycles. The van der Waals surface area contributed by atoms with E-state index in [-0.39, 0.29) is 0 Å². The van der Waals surface area contributed by atoms with Crippen molar-refractivity contribution in [2.45, 2.75) is 0 Å². The molecule has 0 aliphatic heterocycles. The van der Waals surface area contributed by atoms with Gasteiger partial charge in [-0.2, -0.15) is 0 Å². The van der Waals surface area contributed by atoms with Gasteiger partial charge >= 0.3 is 0 Å². The minimum absolute atomic E-state index is 1.18. The molecule has 0 aliphatic rings. The van der Waals surface area contributed by atoms with Gasteiger partial charge in [0, 0.05) is 21.8 Å². The largest absolute Gasteiger partial charge is 0.354 e. The van der Waals surface area contributed by atoms with Gasteiger partial charge in [-0.05, 0) is 61.6 Å². The normalized spacial score (nSPS) is 11.9. The van der Waals surface area contributed by atoms with Crippen molar-refractivity contribution in [1.29, 1.82) is 0 Å². The molecule has 1 nitrogen and oxygen atoms in total. The molecular formula is C30H19N. The average Bonchev–Trinajstić information content (AvgIpc) is 3.22. The third kappa shape index (κ3) is 2.38. The molecule has 0 amide bonds. The van der Waals surface area contributed by atoms with Crippen LogP contribution in [0.3, 0.4) is 0 Å². The quantitative estimate of drug-likeness (QED) is 0.269. The molecule has 0 saturated heterocycles. The maximum atomic E-state index is 3.63. The van der Waals surface area contributed by atoms with Crippen LogP contribution in [0, 0.1) is 0 Å². The van der Waals surface area contributed by atoms with Crippen molar-refractivity contribution >= 4 is 54.1 Å². The van der Waals surface area contributed by atoms with Gasteiger partial charge in [0.25, 0.3) is 0 Å². The standard InChI is InChI=1S/C30H19N/c1-2-6-19(7-3-1)21-11-16-28-27(18-21)30-26-14-13-23-22-9-5-4-8-20(22)10-12-24(23)25(26)15-17-29(30)31-28/h1-18,31H. The predicted molar refractivity (Wildman–Crippen MR) is 134 cm³/mol. The number of hydrogen-bond acceptors (Lipinski definition) is 0. The van der Waals surface area contributed by atoms with Crippen LogP contribution >= 0.6 is 0 Å². The van der Waals surface area contributed by atoms with Crippen LogP contribution in [0.1, 0.15) is 0 Å². The van der Waals surface area contributed by atoms with E-state index >= 15 is 0 Å². The van der Waals surface area contributed by atoms with Crippen LogP contribution in [0.15, 0.2) is 109 Å². The lowest BCUT2D eigenvalue weighted by Gasteiger charge is -2.09. The Balaban J connectivity index is 1.60. The summed E-state index contributed by atoms with van der Waals surface area (Å²) in [5.74, 6) is 0. The summed E-state index contributed by atoms with van der Waals surface area (Å²) in [7, 11) is 0. The van der Waals surface area contributed by atoms with E-state index in [1.165, 1.54) is 65.3 Å². The number of nitrogens with one attached hydrogen (secondary N) is 1. The number of benzene rings is 6. The molecule has 7 aromatic rings. The van der Waals surface area contributed by atoms with Crippen LogP contribution < -0.4 is 0 Å². The fourth-order valence-corrected chi connectivity index (χ4v) is 5.11. The Labute approximate surface area is 179 Å². The number of aromatic amines is 1. The molecule has 7 rings (SSSR count). The first-order chi connectivity index (χ1) is 15.4. The Bertz CT molecular complexity index is 1770. The Hall–Kier alpha value is -4.10. The zero-order valence-electron chi connectivity index (χ0n) is 16.9. The Morgan fingerprint density at radius 3 is 2.00 bits per heavy atom. The summed E-state index contributed by atoms with van der Waals surface area (Å²) in [5, 5.41) is 10.4. The van der Waals surface area contributed by atoms with Crippen molar-refractivity contribution in [3.63, 3.8) is 0 Å². The van der Waals surface area contributed by atoms with Gasteiger partial charge in [-0.1, -0.05) is 91.0 Å². The lowest BCUT2D eigenvalue weighted by atomic mass is 9.94. The summed E-state index contributed by atoms with van der Waals surface area (Å²) in [6, 6.07) is 39.6. The highest BCUT2D eigenvalue weighted by Crippen LogP contribution is 2.38. The fourth-order valence-electron chi connectivity index (χ4n) is 5.11. The van der Waals surface area contributed by atoms with Crippen molar-refractivity contribution in [2.24, 2.45) is 0 Å². The lowest BCUT2D eigenvalue weighted by Crippen LogP contribution is -1.82. The average molecular weight is 393 g/mol. The molecule has 0 fully saturated rings. The predicted octanol–water partition coefficient (Wildman–Crippen LogP) is 8.45. The Morgan fingerprint density at radius 2 is 1.06 bits per heavy atom. The van der Waals surface area contributed by atoms with Crippen molar-refractivity contribution in [2.75, 3.05) is 0 Å². The molecule has 0 aliphatic carbocycles. The summed E-state index contributed by atoms with van der Waals surface area (Å²) in [5.41, 5.74) is 4.86. The fraction of sp³-hybridized carbons (Fsp3) is 0. The molecule has 0 saturated carbocycles. The van der Waals surface area contributed by atoms with Gasteiger partial charge in [0.05, 0.1) is 0 Å². The zero-order chi connectivity index (χ0) is 20.4. The first kappa shape index (κ1) is 16.7. The van der Waals surface area contributed by atoms with Crippen molar-refractivity contribution < 1.29 is 0 Å². The van der Waals surface area contributed by atoms with Crippen LogP contribution in [0.2, 0.25) is 0 Å². The third-order valence-electron chi connectivity index (χ3n) is 6.59. The number of rotatable bonds is 1. The molecule has 1 aromatic heterocycles. The Kier molecular flexibility index (Phi) is 3.33. The highest BCUT2D eigenvalue weighted by Gasteiger charge is 2.12. The van der Waals surface area contributed by atoms with Gasteiger partial charge in [-0.15, -0.1) is 0 Å². The van der Waals surface area contributed by atoms with Crippen LogP contribution in [0.25, 0.3) is 65.3 Å². The molecule has 1 N–H and O–H groups in total. The van der Waals surface area contributed by atoms with Gasteiger partial charge in [-0.3, -0.25) is 0 Å². The number of aromatic nitrogens is 1. The van der Waals surface area contributed by atoms with E-state index in [9.17, 15) is 0 Å². The molecule has 0 unspecified atom stereocenters.